The van der Waals surface area contributed by atoms with Crippen LogP contribution < -0.4 is 16.4 Å². The summed E-state index contributed by atoms with van der Waals surface area (Å²) in [7, 11) is -2.07. The zero-order chi connectivity index (χ0) is 28.9. The van der Waals surface area contributed by atoms with Crippen LogP contribution in [0.3, 0.4) is 0 Å². The standard InChI is InChI=1S/C20H27N3O6S.C8H13N/c21-18(25)20(9-12-29-13-10-20)30(27,28)16-7-5-15(6-8-16)4-2-1-3-11-23-17(24)14-22-19(23)26;1-4-5-6-7-8(2)9-3/h5-8H,1-4,9-14H2,(H2,21,25)(H,22,26);4-7,9H,2H2,1,3H3/b;5-4-,7-6-. The number of hydrogen-bond acceptors (Lipinski definition) is 7. The van der Waals surface area contributed by atoms with Crippen molar-refractivity contribution in [1.29, 1.82) is 0 Å². The van der Waals surface area contributed by atoms with Crippen molar-refractivity contribution in [2.75, 3.05) is 33.4 Å². The molecule has 1 aromatic rings. The minimum atomic E-state index is -3.92. The van der Waals surface area contributed by atoms with Crippen LogP contribution in [-0.4, -0.2) is 69.3 Å². The minimum Gasteiger partial charge on any atom is -0.389 e. The molecule has 39 heavy (non-hydrogen) atoms. The number of sulfone groups is 1. The molecule has 4 N–H and O–H groups in total. The molecule has 1 aromatic carbocycles. The lowest BCUT2D eigenvalue weighted by molar-refractivity contribution is -0.125. The maximum absolute atomic E-state index is 13.1. The molecule has 214 valence electrons. The van der Waals surface area contributed by atoms with E-state index in [0.29, 0.717) is 6.54 Å². The number of nitrogens with zero attached hydrogens (tertiary/aromatic N) is 1. The highest BCUT2D eigenvalue weighted by Crippen LogP contribution is 2.35. The first-order valence-electron chi connectivity index (χ1n) is 13.0. The molecule has 4 amide bonds. The number of urea groups is 1. The maximum atomic E-state index is 13.1. The Kier molecular flexibility index (Phi) is 12.4. The number of carbonyl (C=O) groups is 3. The van der Waals surface area contributed by atoms with Crippen LogP contribution in [0, 0.1) is 0 Å². The Morgan fingerprint density at radius 2 is 1.82 bits per heavy atom. The summed E-state index contributed by atoms with van der Waals surface area (Å²) >= 11 is 0. The largest absolute Gasteiger partial charge is 0.389 e. The number of primary amides is 1. The number of hydrogen-bond donors (Lipinski definition) is 3. The zero-order valence-corrected chi connectivity index (χ0v) is 23.6. The van der Waals surface area contributed by atoms with Crippen LogP contribution in [-0.2, 0) is 30.6 Å². The molecule has 10 nitrogen and oxygen atoms in total. The summed E-state index contributed by atoms with van der Waals surface area (Å²) in [5.74, 6) is -1.03. The van der Waals surface area contributed by atoms with Crippen LogP contribution in [0.2, 0.25) is 0 Å². The van der Waals surface area contributed by atoms with E-state index in [2.05, 4.69) is 17.2 Å². The van der Waals surface area contributed by atoms with E-state index >= 15 is 0 Å². The second kappa shape index (κ2) is 15.2. The van der Waals surface area contributed by atoms with Gasteiger partial charge in [-0.3, -0.25) is 14.5 Å². The predicted molar refractivity (Wildman–Crippen MR) is 150 cm³/mol. The van der Waals surface area contributed by atoms with E-state index in [-0.39, 0.29) is 49.4 Å². The fourth-order valence-electron chi connectivity index (χ4n) is 4.23. The van der Waals surface area contributed by atoms with E-state index in [9.17, 15) is 22.8 Å². The quantitative estimate of drug-likeness (QED) is 0.202. The first-order chi connectivity index (χ1) is 18.6. The lowest BCUT2D eigenvalue weighted by Gasteiger charge is -2.33. The molecule has 2 aliphatic heterocycles. The van der Waals surface area contributed by atoms with Crippen LogP contribution in [0.4, 0.5) is 4.79 Å². The Morgan fingerprint density at radius 1 is 1.15 bits per heavy atom. The van der Waals surface area contributed by atoms with Crippen molar-refractivity contribution in [2.45, 2.75) is 55.1 Å². The molecule has 2 saturated heterocycles. The highest BCUT2D eigenvalue weighted by molar-refractivity contribution is 7.93. The van der Waals surface area contributed by atoms with Gasteiger partial charge in [0.25, 0.3) is 0 Å². The van der Waals surface area contributed by atoms with Crippen molar-refractivity contribution < 1.29 is 27.5 Å². The third kappa shape index (κ3) is 8.52. The third-order valence-corrected chi connectivity index (χ3v) is 9.23. The number of rotatable bonds is 12. The van der Waals surface area contributed by atoms with Crippen molar-refractivity contribution in [3.8, 4) is 0 Å². The Morgan fingerprint density at radius 3 is 2.36 bits per heavy atom. The number of likely N-dealkylation sites (N-methyl/N-ethyl adjacent to an activating group) is 1. The predicted octanol–water partition coefficient (Wildman–Crippen LogP) is 2.61. The first kappa shape index (κ1) is 31.8. The molecule has 0 bridgehead atoms. The van der Waals surface area contributed by atoms with Gasteiger partial charge in [-0.2, -0.15) is 0 Å². The molecule has 0 saturated carbocycles. The molecule has 0 unspecified atom stereocenters. The molecular weight excluding hydrogens is 520 g/mol. The molecule has 0 radical (unpaired) electrons. The number of benzene rings is 1. The summed E-state index contributed by atoms with van der Waals surface area (Å²) < 4.78 is 29.8. The van der Waals surface area contributed by atoms with Gasteiger partial charge in [0.05, 0.1) is 11.4 Å². The van der Waals surface area contributed by atoms with Gasteiger partial charge in [-0.1, -0.05) is 43.4 Å². The monoisotopic (exact) mass is 560 g/mol. The summed E-state index contributed by atoms with van der Waals surface area (Å²) in [6.45, 7) is 6.53. The van der Waals surface area contributed by atoms with E-state index in [4.69, 9.17) is 10.5 Å². The summed E-state index contributed by atoms with van der Waals surface area (Å²) in [6.07, 6.45) is 11.1. The van der Waals surface area contributed by atoms with Crippen molar-refractivity contribution in [3.63, 3.8) is 0 Å². The van der Waals surface area contributed by atoms with E-state index in [0.717, 1.165) is 36.9 Å². The lowest BCUT2D eigenvalue weighted by atomic mass is 9.98. The Hall–Kier alpha value is -3.44. The minimum absolute atomic E-state index is 0.0595. The van der Waals surface area contributed by atoms with Crippen LogP contribution in [0.15, 0.2) is 65.7 Å². The molecule has 0 atom stereocenters. The van der Waals surface area contributed by atoms with Gasteiger partial charge in [-0.05, 0) is 62.8 Å². The Balaban J connectivity index is 0.000000510. The van der Waals surface area contributed by atoms with Crippen LogP contribution in [0.1, 0.15) is 44.6 Å². The average molecular weight is 561 g/mol. The van der Waals surface area contributed by atoms with Crippen molar-refractivity contribution in [3.05, 3.63) is 66.4 Å². The molecule has 2 heterocycles. The van der Waals surface area contributed by atoms with E-state index in [1.165, 1.54) is 17.0 Å². The Labute approximate surface area is 231 Å². The molecular formula is C28H40N4O6S. The number of allylic oxidation sites excluding steroid dienone is 4. The zero-order valence-electron chi connectivity index (χ0n) is 22.8. The number of nitrogens with two attached hydrogens (primary N) is 1. The average Bonchev–Trinajstić information content (AvgIpc) is 3.26. The van der Waals surface area contributed by atoms with Gasteiger partial charge in [-0.15, -0.1) is 0 Å². The summed E-state index contributed by atoms with van der Waals surface area (Å²) in [5.41, 5.74) is 7.39. The normalized spacial score (nSPS) is 17.1. The third-order valence-electron chi connectivity index (χ3n) is 6.70. The van der Waals surface area contributed by atoms with E-state index in [1.807, 2.05) is 38.3 Å². The van der Waals surface area contributed by atoms with Gasteiger partial charge in [-0.25, -0.2) is 13.2 Å². The van der Waals surface area contributed by atoms with Crippen molar-refractivity contribution in [2.24, 2.45) is 5.73 Å². The summed E-state index contributed by atoms with van der Waals surface area (Å²) in [5, 5.41) is 5.40. The second-order valence-corrected chi connectivity index (χ2v) is 11.6. The van der Waals surface area contributed by atoms with Crippen molar-refractivity contribution in [1.82, 2.24) is 15.5 Å². The second-order valence-electron chi connectivity index (χ2n) is 9.29. The highest BCUT2D eigenvalue weighted by Gasteiger charge is 2.51. The fourth-order valence-corrected chi connectivity index (χ4v) is 6.15. The maximum Gasteiger partial charge on any atom is 0.324 e. The van der Waals surface area contributed by atoms with Gasteiger partial charge < -0.3 is 21.1 Å². The number of ether oxygens (including phenoxy) is 1. The van der Waals surface area contributed by atoms with Crippen LogP contribution >= 0.6 is 0 Å². The molecule has 2 aliphatic rings. The summed E-state index contributed by atoms with van der Waals surface area (Å²) in [6, 6.07) is 6.21. The molecule has 3 rings (SSSR count). The van der Waals surface area contributed by atoms with Gasteiger partial charge in [0.15, 0.2) is 14.6 Å². The fraction of sp³-hybridized carbons (Fsp3) is 0.464. The van der Waals surface area contributed by atoms with Crippen LogP contribution in [0.25, 0.3) is 0 Å². The van der Waals surface area contributed by atoms with Gasteiger partial charge in [0.2, 0.25) is 11.8 Å². The van der Waals surface area contributed by atoms with Crippen LogP contribution in [0.5, 0.6) is 0 Å². The number of amides is 4. The van der Waals surface area contributed by atoms with Gasteiger partial charge >= 0.3 is 6.03 Å². The van der Waals surface area contributed by atoms with Gasteiger partial charge in [0, 0.05) is 32.5 Å². The molecule has 0 spiro atoms. The number of unbranched alkanes of at least 4 members (excludes halogenated alkanes) is 2. The lowest BCUT2D eigenvalue weighted by Crippen LogP contribution is -2.53. The van der Waals surface area contributed by atoms with Crippen molar-refractivity contribution >= 4 is 27.7 Å². The number of carbonyl (C=O) groups excluding carboxylic acids is 3. The molecule has 2 fully saturated rings. The molecule has 11 heteroatoms. The highest BCUT2D eigenvalue weighted by atomic mass is 32.2. The number of imide groups is 1. The number of aryl methyl sites for hydroxylation is 1. The smallest absolute Gasteiger partial charge is 0.324 e. The van der Waals surface area contributed by atoms with E-state index in [1.54, 1.807) is 12.1 Å². The van der Waals surface area contributed by atoms with E-state index < -0.39 is 20.5 Å². The first-order valence-corrected chi connectivity index (χ1v) is 14.5. The topological polar surface area (TPSA) is 148 Å². The van der Waals surface area contributed by atoms with Gasteiger partial charge in [0.1, 0.15) is 0 Å². The molecule has 0 aliphatic carbocycles. The Bertz CT molecular complexity index is 1150. The SMILES string of the molecule is C=C(/C=C\C=C/C)NC.NC(=O)C1(S(=O)(=O)c2ccc(CCCCCN3C(=O)CNC3=O)cc2)CCOCC1. The molecule has 0 aromatic heterocycles. The number of nitrogens with one attached hydrogen (secondary N) is 2. The summed E-state index contributed by atoms with van der Waals surface area (Å²) in [4.78, 5) is 36.3.